The smallest absolute Gasteiger partial charge is 0.341 e. The van der Waals surface area contributed by atoms with Crippen molar-refractivity contribution in [3.8, 4) is 11.5 Å². The van der Waals surface area contributed by atoms with Gasteiger partial charge in [0.2, 0.25) is 0 Å². The van der Waals surface area contributed by atoms with Crippen LogP contribution in [0.1, 0.15) is 42.0 Å². The molecule has 0 aliphatic carbocycles. The molecule has 1 aliphatic rings. The van der Waals surface area contributed by atoms with Crippen LogP contribution in [0.3, 0.4) is 0 Å². The van der Waals surface area contributed by atoms with E-state index in [2.05, 4.69) is 48.6 Å². The zero-order valence-corrected chi connectivity index (χ0v) is 21.2. The molecule has 1 aliphatic heterocycles. The number of halogens is 2. The van der Waals surface area contributed by atoms with Crippen LogP contribution in [0.2, 0.25) is 0 Å². The van der Waals surface area contributed by atoms with Gasteiger partial charge in [0.15, 0.2) is 18.2 Å². The van der Waals surface area contributed by atoms with Crippen molar-refractivity contribution in [3.63, 3.8) is 0 Å². The third-order valence-corrected chi connectivity index (χ3v) is 6.74. The minimum absolute atomic E-state index is 0. The number of fused-ring (bicyclic) bond motifs is 2. The molecule has 0 saturated heterocycles. The molecule has 192 valence electrons. The van der Waals surface area contributed by atoms with Crippen LogP contribution in [-0.2, 0) is 4.79 Å². The van der Waals surface area contributed by atoms with Crippen molar-refractivity contribution in [1.29, 1.82) is 0 Å². The van der Waals surface area contributed by atoms with Crippen LogP contribution in [0.15, 0.2) is 84.9 Å². The van der Waals surface area contributed by atoms with Crippen molar-refractivity contribution in [2.45, 2.75) is 31.4 Å². The van der Waals surface area contributed by atoms with Gasteiger partial charge in [0.05, 0.1) is 0 Å². The lowest BCUT2D eigenvalue weighted by molar-refractivity contribution is -0.139. The summed E-state index contributed by atoms with van der Waals surface area (Å²) >= 11 is 0. The van der Waals surface area contributed by atoms with Gasteiger partial charge >= 0.3 is 5.97 Å². The van der Waals surface area contributed by atoms with E-state index in [-0.39, 0.29) is 36.2 Å². The summed E-state index contributed by atoms with van der Waals surface area (Å²) in [7, 11) is 0. The first-order chi connectivity index (χ1) is 17.5. The number of nitrogens with one attached hydrogen (secondary N) is 1. The summed E-state index contributed by atoms with van der Waals surface area (Å²) in [4.78, 5) is 10.8. The maximum Gasteiger partial charge on any atom is 0.341 e. The van der Waals surface area contributed by atoms with Gasteiger partial charge in [0.1, 0.15) is 11.9 Å². The Morgan fingerprint density at radius 3 is 2.65 bits per heavy atom. The van der Waals surface area contributed by atoms with Gasteiger partial charge in [-0.25, -0.2) is 9.18 Å². The Morgan fingerprint density at radius 2 is 1.84 bits per heavy atom. The van der Waals surface area contributed by atoms with Crippen LogP contribution in [0.5, 0.6) is 11.5 Å². The topological polar surface area (TPSA) is 67.8 Å². The Kier molecular flexibility index (Phi) is 8.31. The summed E-state index contributed by atoms with van der Waals surface area (Å²) in [5.41, 5.74) is 3.05. The third-order valence-electron chi connectivity index (χ3n) is 6.74. The predicted molar refractivity (Wildman–Crippen MR) is 144 cm³/mol. The summed E-state index contributed by atoms with van der Waals surface area (Å²) < 4.78 is 26.1. The van der Waals surface area contributed by atoms with Gasteiger partial charge in [-0.3, -0.25) is 0 Å². The number of carbonyl (C=O) groups is 1. The van der Waals surface area contributed by atoms with Gasteiger partial charge in [0, 0.05) is 24.1 Å². The SMILES string of the molecule is C[C@@H](NCC1CC(c2ccc(OCC(=O)O)c(F)c2)c2ccccc2O1)c1cccc2ccccc12.Cl. The van der Waals surface area contributed by atoms with Crippen molar-refractivity contribution in [2.24, 2.45) is 0 Å². The first kappa shape index (κ1) is 26.5. The van der Waals surface area contributed by atoms with Gasteiger partial charge in [-0.2, -0.15) is 0 Å². The van der Waals surface area contributed by atoms with Crippen LogP contribution >= 0.6 is 12.4 Å². The van der Waals surface area contributed by atoms with Crippen molar-refractivity contribution in [3.05, 3.63) is 107 Å². The maximum absolute atomic E-state index is 14.7. The van der Waals surface area contributed by atoms with E-state index in [9.17, 15) is 9.18 Å². The number of hydrogen-bond acceptors (Lipinski definition) is 4. The third kappa shape index (κ3) is 5.87. The summed E-state index contributed by atoms with van der Waals surface area (Å²) in [5, 5.41) is 14.9. The number of carboxylic acids is 1. The average molecular weight is 522 g/mol. The molecular weight excluding hydrogens is 493 g/mol. The molecule has 1 heterocycles. The highest BCUT2D eigenvalue weighted by atomic mass is 35.5. The molecule has 37 heavy (non-hydrogen) atoms. The second-order valence-electron chi connectivity index (χ2n) is 9.14. The number of ether oxygens (including phenoxy) is 2. The highest BCUT2D eigenvalue weighted by molar-refractivity contribution is 5.86. The fraction of sp³-hybridized carbons (Fsp3) is 0.233. The first-order valence-corrected chi connectivity index (χ1v) is 12.1. The molecular formula is C30H29ClFNO4. The molecule has 0 spiro atoms. The van der Waals surface area contributed by atoms with Crippen LogP contribution < -0.4 is 14.8 Å². The highest BCUT2D eigenvalue weighted by Gasteiger charge is 2.30. The van der Waals surface area contributed by atoms with E-state index in [1.54, 1.807) is 6.07 Å². The van der Waals surface area contributed by atoms with Crippen molar-refractivity contribution < 1.29 is 23.8 Å². The number of carboxylic acid groups (broad SMARTS) is 1. The van der Waals surface area contributed by atoms with E-state index in [0.717, 1.165) is 16.9 Å². The molecule has 4 aromatic rings. The van der Waals surface area contributed by atoms with Crippen molar-refractivity contribution in [2.75, 3.05) is 13.2 Å². The summed E-state index contributed by atoms with van der Waals surface area (Å²) in [6.07, 6.45) is 0.578. The molecule has 2 N–H and O–H groups in total. The predicted octanol–water partition coefficient (Wildman–Crippen LogP) is 6.50. The van der Waals surface area contributed by atoms with Gasteiger partial charge in [-0.05, 0) is 53.4 Å². The monoisotopic (exact) mass is 521 g/mol. The van der Waals surface area contributed by atoms with Crippen LogP contribution in [0, 0.1) is 5.82 Å². The number of rotatable bonds is 8. The number of hydrogen-bond donors (Lipinski definition) is 2. The average Bonchev–Trinajstić information content (AvgIpc) is 2.90. The second-order valence-corrected chi connectivity index (χ2v) is 9.14. The van der Waals surface area contributed by atoms with Gasteiger partial charge < -0.3 is 19.9 Å². The lowest BCUT2D eigenvalue weighted by atomic mass is 9.84. The largest absolute Gasteiger partial charge is 0.489 e. The van der Waals surface area contributed by atoms with Gasteiger partial charge in [-0.15, -0.1) is 12.4 Å². The molecule has 7 heteroatoms. The van der Waals surface area contributed by atoms with Crippen LogP contribution in [-0.4, -0.2) is 30.3 Å². The van der Waals surface area contributed by atoms with E-state index < -0.39 is 18.4 Å². The number of aliphatic carboxylic acids is 1. The Bertz CT molecular complexity index is 1390. The minimum atomic E-state index is -1.15. The van der Waals surface area contributed by atoms with E-state index in [1.165, 1.54) is 28.5 Å². The molecule has 4 aromatic carbocycles. The van der Waals surface area contributed by atoms with Crippen molar-refractivity contribution >= 4 is 29.1 Å². The Labute approximate surface area is 221 Å². The van der Waals surface area contributed by atoms with Crippen LogP contribution in [0.4, 0.5) is 4.39 Å². The molecule has 3 atom stereocenters. The van der Waals surface area contributed by atoms with Gasteiger partial charge in [0.25, 0.3) is 0 Å². The lowest BCUT2D eigenvalue weighted by Crippen LogP contribution is -2.37. The molecule has 0 fully saturated rings. The zero-order chi connectivity index (χ0) is 25.1. The maximum atomic E-state index is 14.7. The highest BCUT2D eigenvalue weighted by Crippen LogP contribution is 2.41. The summed E-state index contributed by atoms with van der Waals surface area (Å²) in [6.45, 7) is 2.21. The molecule has 0 radical (unpaired) electrons. The molecule has 5 rings (SSSR count). The minimum Gasteiger partial charge on any atom is -0.489 e. The van der Waals surface area contributed by atoms with Crippen LogP contribution in [0.25, 0.3) is 10.8 Å². The van der Waals surface area contributed by atoms with E-state index >= 15 is 0 Å². The Hall–Kier alpha value is -3.61. The van der Waals surface area contributed by atoms with Crippen molar-refractivity contribution in [1.82, 2.24) is 5.32 Å². The van der Waals surface area contributed by atoms with E-state index in [4.69, 9.17) is 14.6 Å². The van der Waals surface area contributed by atoms with E-state index in [0.29, 0.717) is 13.0 Å². The normalized spacial score (nSPS) is 17.2. The molecule has 0 aromatic heterocycles. The molecule has 2 unspecified atom stereocenters. The number of benzene rings is 4. The molecule has 0 bridgehead atoms. The first-order valence-electron chi connectivity index (χ1n) is 12.1. The fourth-order valence-electron chi connectivity index (χ4n) is 4.97. The standard InChI is InChI=1S/C30H28FNO4.ClH/c1-19(23-11-6-8-20-7-2-3-9-24(20)23)32-17-22-16-26(25-10-4-5-12-28(25)36-22)21-13-14-29(27(31)15-21)35-18-30(33)34;/h2-15,19,22,26,32H,16-18H2,1H3,(H,33,34);1H/t19-,22?,26?;/m1./s1. The molecule has 0 saturated carbocycles. The van der Waals surface area contributed by atoms with E-state index in [1.807, 2.05) is 30.3 Å². The quantitative estimate of drug-likeness (QED) is 0.277. The second kappa shape index (κ2) is 11.6. The number of para-hydroxylation sites is 1. The summed E-state index contributed by atoms with van der Waals surface area (Å²) in [5.74, 6) is -1.05. The molecule has 0 amide bonds. The zero-order valence-electron chi connectivity index (χ0n) is 20.4. The summed E-state index contributed by atoms with van der Waals surface area (Å²) in [6, 6.07) is 27.4. The fourth-order valence-corrected chi connectivity index (χ4v) is 4.97. The Morgan fingerprint density at radius 1 is 1.08 bits per heavy atom. The van der Waals surface area contributed by atoms with Gasteiger partial charge in [-0.1, -0.05) is 66.7 Å². The molecule has 5 nitrogen and oxygen atoms in total. The lowest BCUT2D eigenvalue weighted by Gasteiger charge is -2.33. The Balaban J connectivity index is 0.00000320.